The molecule has 0 unspecified atom stereocenters. The van der Waals surface area contributed by atoms with Crippen LogP contribution in [0.5, 0.6) is 0 Å². The fourth-order valence-corrected chi connectivity index (χ4v) is 7.21. The van der Waals surface area contributed by atoms with Crippen molar-refractivity contribution in [3.05, 3.63) is 174 Å². The maximum atomic E-state index is 5.25. The first-order valence-electron chi connectivity index (χ1n) is 17.7. The molecule has 0 saturated carbocycles. The average molecular weight is 658 g/mol. The van der Waals surface area contributed by atoms with Crippen molar-refractivity contribution in [3.63, 3.8) is 0 Å². The highest BCUT2D eigenvalue weighted by molar-refractivity contribution is 5.87. The van der Waals surface area contributed by atoms with Crippen molar-refractivity contribution in [2.45, 2.75) is 33.6 Å². The lowest BCUT2D eigenvalue weighted by Gasteiger charge is -2.21. The number of hydrogen-bond donors (Lipinski definition) is 0. The van der Waals surface area contributed by atoms with Gasteiger partial charge >= 0.3 is 0 Å². The third-order valence-corrected chi connectivity index (χ3v) is 9.78. The summed E-state index contributed by atoms with van der Waals surface area (Å²) in [5.41, 5.74) is 18.1. The zero-order valence-electron chi connectivity index (χ0n) is 29.3. The van der Waals surface area contributed by atoms with E-state index in [2.05, 4.69) is 158 Å². The molecule has 2 aromatic heterocycles. The Morgan fingerprint density at radius 1 is 0.569 bits per heavy atom. The van der Waals surface area contributed by atoms with Crippen LogP contribution in [0.25, 0.3) is 79.4 Å². The number of hydrogen-bond acceptors (Lipinski definition) is 3. The van der Waals surface area contributed by atoms with E-state index < -0.39 is 0 Å². The number of pyridine rings is 1. The Morgan fingerprint density at radius 3 is 1.86 bits per heavy atom. The Balaban J connectivity index is 1.38. The van der Waals surface area contributed by atoms with Crippen molar-refractivity contribution in [2.75, 3.05) is 0 Å². The Bertz CT molecular complexity index is 2380. The van der Waals surface area contributed by atoms with E-state index in [0.717, 1.165) is 74.4 Å². The minimum atomic E-state index is 0.696. The highest BCUT2D eigenvalue weighted by Crippen LogP contribution is 2.40. The van der Waals surface area contributed by atoms with Crippen molar-refractivity contribution in [2.24, 2.45) is 0 Å². The molecular weight excluding hydrogens is 619 g/mol. The molecule has 0 amide bonds. The summed E-state index contributed by atoms with van der Waals surface area (Å²) in [4.78, 5) is 14.9. The van der Waals surface area contributed by atoms with Gasteiger partial charge in [-0.3, -0.25) is 4.98 Å². The molecule has 0 spiro atoms. The molecule has 3 heteroatoms. The molecule has 0 atom stereocenters. The third kappa shape index (κ3) is 6.59. The predicted molar refractivity (Wildman–Crippen MR) is 214 cm³/mol. The van der Waals surface area contributed by atoms with Crippen molar-refractivity contribution in [1.29, 1.82) is 0 Å². The predicted octanol–water partition coefficient (Wildman–Crippen LogP) is 12.5. The third-order valence-electron chi connectivity index (χ3n) is 9.78. The van der Waals surface area contributed by atoms with Crippen LogP contribution >= 0.6 is 0 Å². The fraction of sp³-hybridized carbons (Fsp3) is 0.104. The molecule has 1 aliphatic carbocycles. The van der Waals surface area contributed by atoms with Crippen LogP contribution in [0.3, 0.4) is 0 Å². The maximum absolute atomic E-state index is 5.25. The summed E-state index contributed by atoms with van der Waals surface area (Å²) in [6, 6.07) is 45.1. The summed E-state index contributed by atoms with van der Waals surface area (Å²) < 4.78 is 0. The fourth-order valence-electron chi connectivity index (χ4n) is 7.21. The summed E-state index contributed by atoms with van der Waals surface area (Å²) in [5, 5.41) is 0. The maximum Gasteiger partial charge on any atom is 0.160 e. The molecule has 1 aliphatic rings. The Labute approximate surface area is 300 Å². The molecule has 3 nitrogen and oxygen atoms in total. The zero-order chi connectivity index (χ0) is 34.7. The van der Waals surface area contributed by atoms with E-state index >= 15 is 0 Å². The number of aromatic nitrogens is 3. The normalized spacial score (nSPS) is 12.3. The van der Waals surface area contributed by atoms with Crippen LogP contribution < -0.4 is 0 Å². The van der Waals surface area contributed by atoms with Gasteiger partial charge in [-0.15, -0.1) is 0 Å². The van der Waals surface area contributed by atoms with Crippen LogP contribution in [0, 0.1) is 13.8 Å². The molecule has 0 saturated heterocycles. The van der Waals surface area contributed by atoms with Gasteiger partial charge in [0.05, 0.1) is 11.4 Å². The molecular formula is C48H39N3. The molecule has 246 valence electrons. The highest BCUT2D eigenvalue weighted by Gasteiger charge is 2.19. The zero-order valence-corrected chi connectivity index (χ0v) is 29.3. The van der Waals surface area contributed by atoms with Gasteiger partial charge in [-0.2, -0.15) is 0 Å². The van der Waals surface area contributed by atoms with Crippen LogP contribution in [-0.4, -0.2) is 15.0 Å². The smallest absolute Gasteiger partial charge is 0.160 e. The van der Waals surface area contributed by atoms with E-state index in [4.69, 9.17) is 9.97 Å². The van der Waals surface area contributed by atoms with E-state index in [1.54, 1.807) is 0 Å². The summed E-state index contributed by atoms with van der Waals surface area (Å²) in [6.07, 6.45) is 13.0. The van der Waals surface area contributed by atoms with Gasteiger partial charge in [-0.1, -0.05) is 103 Å². The summed E-state index contributed by atoms with van der Waals surface area (Å²) in [7, 11) is 0. The molecule has 0 bridgehead atoms. The van der Waals surface area contributed by atoms with Crippen molar-refractivity contribution in [1.82, 2.24) is 15.0 Å². The van der Waals surface area contributed by atoms with Crippen LogP contribution in [-0.2, 0) is 6.42 Å². The Hall–Kier alpha value is -6.19. The molecule has 5 aromatic carbocycles. The molecule has 7 aromatic rings. The summed E-state index contributed by atoms with van der Waals surface area (Å²) in [6.45, 7) is 6.42. The number of fused-ring (bicyclic) bond motifs is 1. The molecule has 0 fully saturated rings. The first-order chi connectivity index (χ1) is 25.0. The quantitative estimate of drug-likeness (QED) is 0.171. The standard InChI is InChI=1S/C48H39N3/c1-4-14-44-33(3)43-22-12-11-19-39(43)30-45(44)41-27-40(37-21-13-20-36(26-37)38-23-24-49-32(2)25-38)28-42(29-41)48-50-46(34-15-7-5-8-16-34)31-47(51-48)35-17-9-6-10-18-35/h4-11,13-21,23-31H,12,22H2,1-3H3/b14-4-. The van der Waals surface area contributed by atoms with Crippen LogP contribution in [0.4, 0.5) is 0 Å². The second-order valence-corrected chi connectivity index (χ2v) is 13.2. The van der Waals surface area contributed by atoms with Gasteiger partial charge < -0.3 is 0 Å². The number of rotatable bonds is 7. The number of benzene rings is 5. The van der Waals surface area contributed by atoms with Gasteiger partial charge in [0.25, 0.3) is 0 Å². The molecule has 0 radical (unpaired) electrons. The monoisotopic (exact) mass is 657 g/mol. The number of allylic oxidation sites excluding steroid dienone is 2. The second-order valence-electron chi connectivity index (χ2n) is 13.2. The minimum absolute atomic E-state index is 0.696. The molecule has 8 rings (SSSR count). The van der Waals surface area contributed by atoms with E-state index in [1.807, 2.05) is 25.3 Å². The number of aryl methyl sites for hydroxylation is 1. The van der Waals surface area contributed by atoms with E-state index in [-0.39, 0.29) is 0 Å². The molecule has 2 heterocycles. The largest absolute Gasteiger partial charge is 0.262 e. The number of nitrogens with zero attached hydrogens (tertiary/aromatic N) is 3. The van der Waals surface area contributed by atoms with Crippen LogP contribution in [0.2, 0.25) is 0 Å². The molecule has 0 N–H and O–H groups in total. The van der Waals surface area contributed by atoms with Crippen LogP contribution in [0.1, 0.15) is 41.3 Å². The second kappa shape index (κ2) is 14.0. The molecule has 51 heavy (non-hydrogen) atoms. The topological polar surface area (TPSA) is 38.7 Å². The first-order valence-corrected chi connectivity index (χ1v) is 17.7. The summed E-state index contributed by atoms with van der Waals surface area (Å²) in [5.74, 6) is 0.696. The van der Waals surface area contributed by atoms with Gasteiger partial charge in [0.2, 0.25) is 0 Å². The first kappa shape index (κ1) is 32.0. The molecule has 0 aliphatic heterocycles. The van der Waals surface area contributed by atoms with Gasteiger partial charge in [0.15, 0.2) is 5.82 Å². The van der Waals surface area contributed by atoms with Crippen LogP contribution in [0.15, 0.2) is 146 Å². The summed E-state index contributed by atoms with van der Waals surface area (Å²) >= 11 is 0. The lowest BCUT2D eigenvalue weighted by Crippen LogP contribution is -2.02. The highest BCUT2D eigenvalue weighted by atomic mass is 14.9. The average Bonchev–Trinajstić information content (AvgIpc) is 3.19. The Morgan fingerprint density at radius 2 is 1.18 bits per heavy atom. The van der Waals surface area contributed by atoms with Crippen molar-refractivity contribution in [3.8, 4) is 67.3 Å². The van der Waals surface area contributed by atoms with E-state index in [9.17, 15) is 0 Å². The Kier molecular flexibility index (Phi) is 8.78. The minimum Gasteiger partial charge on any atom is -0.262 e. The van der Waals surface area contributed by atoms with E-state index in [1.165, 1.54) is 27.8 Å². The van der Waals surface area contributed by atoms with E-state index in [0.29, 0.717) is 5.82 Å². The van der Waals surface area contributed by atoms with Crippen molar-refractivity contribution >= 4 is 12.2 Å². The lowest BCUT2D eigenvalue weighted by molar-refractivity contribution is 0.970. The lowest BCUT2D eigenvalue weighted by atomic mass is 9.84. The van der Waals surface area contributed by atoms with Gasteiger partial charge in [0, 0.05) is 28.6 Å². The van der Waals surface area contributed by atoms with Gasteiger partial charge in [-0.05, 0) is 138 Å². The SMILES string of the molecule is C/C=C\c1c(-c2cc(-c3cccc(-c4ccnc(C)c4)c3)cc(-c3nc(-c4ccccc4)cc(-c4ccccc4)n3)c2)cc2c(c1C)CCC=C2. The van der Waals surface area contributed by atoms with Gasteiger partial charge in [0.1, 0.15) is 0 Å². The van der Waals surface area contributed by atoms with Gasteiger partial charge in [-0.25, -0.2) is 9.97 Å². The van der Waals surface area contributed by atoms with Crippen molar-refractivity contribution < 1.29 is 0 Å².